The molecule has 3 rings (SSSR count). The van der Waals surface area contributed by atoms with Gasteiger partial charge in [0.05, 0.1) is 6.54 Å². The fourth-order valence-electron chi connectivity index (χ4n) is 2.44. The highest BCUT2D eigenvalue weighted by atomic mass is 16.2. The Kier molecular flexibility index (Phi) is 3.69. The molecule has 0 atom stereocenters. The number of hydrogen-bond acceptors (Lipinski definition) is 2. The fraction of sp³-hybridized carbons (Fsp3) is 0.176. The van der Waals surface area contributed by atoms with E-state index < -0.39 is 0 Å². The summed E-state index contributed by atoms with van der Waals surface area (Å²) >= 11 is 0. The summed E-state index contributed by atoms with van der Waals surface area (Å²) in [6, 6.07) is 19.0. The molecule has 2 aromatic rings. The highest BCUT2D eigenvalue weighted by Gasteiger charge is 2.35. The lowest BCUT2D eigenvalue weighted by Gasteiger charge is -2.17. The van der Waals surface area contributed by atoms with Crippen molar-refractivity contribution in [1.82, 2.24) is 9.80 Å². The van der Waals surface area contributed by atoms with Crippen LogP contribution in [0, 0.1) is 0 Å². The summed E-state index contributed by atoms with van der Waals surface area (Å²) in [5.74, 6) is -0.139. The van der Waals surface area contributed by atoms with E-state index in [-0.39, 0.29) is 18.5 Å². The molecule has 1 heterocycles. The zero-order valence-electron chi connectivity index (χ0n) is 11.6. The van der Waals surface area contributed by atoms with Crippen LogP contribution in [0.3, 0.4) is 0 Å². The van der Waals surface area contributed by atoms with Crippen LogP contribution in [-0.4, -0.2) is 28.3 Å². The third-order valence-electron chi connectivity index (χ3n) is 3.53. The molecule has 0 aromatic heterocycles. The number of imide groups is 1. The van der Waals surface area contributed by atoms with E-state index in [4.69, 9.17) is 0 Å². The Labute approximate surface area is 123 Å². The average molecular weight is 280 g/mol. The van der Waals surface area contributed by atoms with Crippen molar-refractivity contribution in [3.8, 4) is 0 Å². The van der Waals surface area contributed by atoms with E-state index >= 15 is 0 Å². The predicted octanol–water partition coefficient (Wildman–Crippen LogP) is 2.65. The first-order chi connectivity index (χ1) is 10.2. The van der Waals surface area contributed by atoms with Crippen molar-refractivity contribution in [2.24, 2.45) is 0 Å². The van der Waals surface area contributed by atoms with Crippen molar-refractivity contribution in [1.29, 1.82) is 0 Å². The summed E-state index contributed by atoms with van der Waals surface area (Å²) in [5.41, 5.74) is 1.99. The molecule has 0 bridgehead atoms. The van der Waals surface area contributed by atoms with E-state index in [1.165, 1.54) is 4.90 Å². The molecule has 0 radical (unpaired) electrons. The number of carbonyl (C=O) groups excluding carboxylic acids is 2. The van der Waals surface area contributed by atoms with Crippen molar-refractivity contribution in [2.75, 3.05) is 6.54 Å². The summed E-state index contributed by atoms with van der Waals surface area (Å²) < 4.78 is 0. The van der Waals surface area contributed by atoms with Crippen LogP contribution in [0.4, 0.5) is 4.79 Å². The molecule has 21 heavy (non-hydrogen) atoms. The third kappa shape index (κ3) is 2.94. The van der Waals surface area contributed by atoms with Gasteiger partial charge >= 0.3 is 6.03 Å². The molecule has 0 N–H and O–H groups in total. The van der Waals surface area contributed by atoms with Crippen molar-refractivity contribution in [2.45, 2.75) is 13.1 Å². The number of amides is 3. The van der Waals surface area contributed by atoms with E-state index in [0.717, 1.165) is 11.1 Å². The second-order valence-electron chi connectivity index (χ2n) is 5.09. The molecule has 106 valence electrons. The van der Waals surface area contributed by atoms with Gasteiger partial charge in [-0.25, -0.2) is 4.79 Å². The first-order valence-corrected chi connectivity index (χ1v) is 6.91. The van der Waals surface area contributed by atoms with Gasteiger partial charge in [-0.1, -0.05) is 60.7 Å². The van der Waals surface area contributed by atoms with Crippen LogP contribution in [0.5, 0.6) is 0 Å². The lowest BCUT2D eigenvalue weighted by atomic mass is 10.2. The van der Waals surface area contributed by atoms with Gasteiger partial charge < -0.3 is 4.90 Å². The molecule has 0 spiro atoms. The minimum atomic E-state index is -0.215. The Balaban J connectivity index is 1.70. The smallest absolute Gasteiger partial charge is 0.311 e. The number of hydrogen-bond donors (Lipinski definition) is 0. The maximum Gasteiger partial charge on any atom is 0.327 e. The molecule has 1 fully saturated rings. The Morgan fingerprint density at radius 2 is 1.29 bits per heavy atom. The normalized spacial score (nSPS) is 14.9. The van der Waals surface area contributed by atoms with Crippen LogP contribution >= 0.6 is 0 Å². The number of benzene rings is 2. The number of nitrogens with zero attached hydrogens (tertiary/aromatic N) is 2. The van der Waals surface area contributed by atoms with Gasteiger partial charge in [-0.3, -0.25) is 9.69 Å². The van der Waals surface area contributed by atoms with Gasteiger partial charge in [-0.05, 0) is 11.1 Å². The lowest BCUT2D eigenvalue weighted by molar-refractivity contribution is -0.125. The minimum Gasteiger partial charge on any atom is -0.311 e. The minimum absolute atomic E-state index is 0.139. The second kappa shape index (κ2) is 5.79. The highest BCUT2D eigenvalue weighted by Crippen LogP contribution is 2.17. The van der Waals surface area contributed by atoms with E-state index in [1.54, 1.807) is 4.90 Å². The summed E-state index contributed by atoms with van der Waals surface area (Å²) in [6.45, 7) is 0.959. The molecule has 4 heteroatoms. The molecule has 1 aliphatic heterocycles. The molecule has 4 nitrogen and oxygen atoms in total. The quantitative estimate of drug-likeness (QED) is 0.808. The molecule has 0 unspecified atom stereocenters. The van der Waals surface area contributed by atoms with Crippen LogP contribution in [0.25, 0.3) is 0 Å². The third-order valence-corrected chi connectivity index (χ3v) is 3.53. The van der Waals surface area contributed by atoms with E-state index in [2.05, 4.69) is 0 Å². The van der Waals surface area contributed by atoms with E-state index in [0.29, 0.717) is 13.1 Å². The Morgan fingerprint density at radius 3 is 1.86 bits per heavy atom. The molecule has 3 amide bonds. The second-order valence-corrected chi connectivity index (χ2v) is 5.09. The summed E-state index contributed by atoms with van der Waals surface area (Å²) in [6.07, 6.45) is 0. The zero-order chi connectivity index (χ0) is 14.7. The van der Waals surface area contributed by atoms with Gasteiger partial charge in [-0.2, -0.15) is 0 Å². The molecule has 1 saturated heterocycles. The maximum atomic E-state index is 12.4. The van der Waals surface area contributed by atoms with Gasteiger partial charge in [0.1, 0.15) is 6.54 Å². The van der Waals surface area contributed by atoms with Gasteiger partial charge in [0.25, 0.3) is 5.91 Å². The maximum absolute atomic E-state index is 12.4. The molecule has 0 saturated carbocycles. The molecule has 0 aliphatic carbocycles. The number of urea groups is 1. The lowest BCUT2D eigenvalue weighted by Crippen LogP contribution is -2.32. The van der Waals surface area contributed by atoms with Crippen molar-refractivity contribution < 1.29 is 9.59 Å². The number of rotatable bonds is 4. The topological polar surface area (TPSA) is 40.6 Å². The fourth-order valence-corrected chi connectivity index (χ4v) is 2.44. The van der Waals surface area contributed by atoms with Gasteiger partial charge in [-0.15, -0.1) is 0 Å². The van der Waals surface area contributed by atoms with Crippen LogP contribution in [0.1, 0.15) is 11.1 Å². The van der Waals surface area contributed by atoms with Gasteiger partial charge in [0.15, 0.2) is 0 Å². The first-order valence-electron chi connectivity index (χ1n) is 6.91. The number of carbonyl (C=O) groups is 2. The van der Waals surface area contributed by atoms with Crippen molar-refractivity contribution in [3.63, 3.8) is 0 Å². The van der Waals surface area contributed by atoms with Crippen LogP contribution in [0.2, 0.25) is 0 Å². The van der Waals surface area contributed by atoms with Crippen molar-refractivity contribution in [3.05, 3.63) is 71.8 Å². The summed E-state index contributed by atoms with van der Waals surface area (Å²) in [4.78, 5) is 27.3. The molecular weight excluding hydrogens is 264 g/mol. The first kappa shape index (κ1) is 13.4. The molecular formula is C17H16N2O2. The Bertz CT molecular complexity index is 640. The van der Waals surface area contributed by atoms with Gasteiger partial charge in [0.2, 0.25) is 0 Å². The Hall–Kier alpha value is -2.62. The van der Waals surface area contributed by atoms with Gasteiger partial charge in [0, 0.05) is 6.54 Å². The summed E-state index contributed by atoms with van der Waals surface area (Å²) in [7, 11) is 0. The average Bonchev–Trinajstić information content (AvgIpc) is 2.77. The summed E-state index contributed by atoms with van der Waals surface area (Å²) in [5, 5.41) is 0. The van der Waals surface area contributed by atoms with E-state index in [9.17, 15) is 9.59 Å². The van der Waals surface area contributed by atoms with E-state index in [1.807, 2.05) is 60.7 Å². The monoisotopic (exact) mass is 280 g/mol. The molecule has 1 aliphatic rings. The molecule has 2 aromatic carbocycles. The standard InChI is InChI=1S/C17H16N2O2/c20-16-13-18(11-14-7-3-1-4-8-14)17(21)19(16)12-15-9-5-2-6-10-15/h1-10H,11-13H2. The van der Waals surface area contributed by atoms with Crippen LogP contribution in [0.15, 0.2) is 60.7 Å². The van der Waals surface area contributed by atoms with Crippen molar-refractivity contribution >= 4 is 11.9 Å². The Morgan fingerprint density at radius 1 is 0.762 bits per heavy atom. The SMILES string of the molecule is O=C1CN(Cc2ccccc2)C(=O)N1Cc1ccccc1. The predicted molar refractivity (Wildman–Crippen MR) is 79.2 cm³/mol. The highest BCUT2D eigenvalue weighted by molar-refractivity contribution is 6.01. The largest absolute Gasteiger partial charge is 0.327 e. The van der Waals surface area contributed by atoms with Crippen LogP contribution in [-0.2, 0) is 17.9 Å². The zero-order valence-corrected chi connectivity index (χ0v) is 11.6. The van der Waals surface area contributed by atoms with Crippen LogP contribution < -0.4 is 0 Å².